The molecule has 2 saturated heterocycles. The Kier molecular flexibility index (Phi) is 6.99. The van der Waals surface area contributed by atoms with Gasteiger partial charge in [-0.2, -0.15) is 0 Å². The van der Waals surface area contributed by atoms with Crippen LogP contribution in [0.5, 0.6) is 0 Å². The molecule has 0 bridgehead atoms. The second-order valence-electron chi connectivity index (χ2n) is 7.97. The molecule has 2 aliphatic heterocycles. The lowest BCUT2D eigenvalue weighted by Crippen LogP contribution is -2.50. The van der Waals surface area contributed by atoms with Crippen LogP contribution in [0.3, 0.4) is 0 Å². The molecule has 1 amide bonds. The minimum Gasteiger partial charge on any atom is -0.379 e. The van der Waals surface area contributed by atoms with Crippen molar-refractivity contribution in [2.75, 3.05) is 44.7 Å². The number of rotatable bonds is 5. The molecular formula is C22H27ClFN5O2. The summed E-state index contributed by atoms with van der Waals surface area (Å²) in [5.41, 5.74) is 1.83. The lowest BCUT2D eigenvalue weighted by molar-refractivity contribution is 0.00152. The van der Waals surface area contributed by atoms with E-state index in [4.69, 9.17) is 16.3 Å². The van der Waals surface area contributed by atoms with Crippen LogP contribution in [0, 0.1) is 12.7 Å². The number of halogens is 2. The first-order chi connectivity index (χ1) is 15.0. The first-order valence-corrected chi connectivity index (χ1v) is 11.0. The molecule has 2 aromatic rings. The summed E-state index contributed by atoms with van der Waals surface area (Å²) in [5, 5.41) is 3.26. The maximum absolute atomic E-state index is 13.7. The Morgan fingerprint density at radius 3 is 2.68 bits per heavy atom. The first-order valence-electron chi connectivity index (χ1n) is 10.6. The third kappa shape index (κ3) is 5.14. The Balaban J connectivity index is 1.38. The van der Waals surface area contributed by atoms with Gasteiger partial charge in [-0.3, -0.25) is 9.69 Å². The average molecular weight is 448 g/mol. The molecule has 7 nitrogen and oxygen atoms in total. The quantitative estimate of drug-likeness (QED) is 0.759. The fraction of sp³-hybridized carbons (Fsp3) is 0.500. The highest BCUT2D eigenvalue weighted by Gasteiger charge is 2.29. The van der Waals surface area contributed by atoms with Crippen molar-refractivity contribution < 1.29 is 13.9 Å². The predicted molar refractivity (Wildman–Crippen MR) is 117 cm³/mol. The highest BCUT2D eigenvalue weighted by molar-refractivity contribution is 6.30. The van der Waals surface area contributed by atoms with Gasteiger partial charge in [-0.1, -0.05) is 17.7 Å². The minimum absolute atomic E-state index is 0.0686. The van der Waals surface area contributed by atoms with Crippen LogP contribution in [0.4, 0.5) is 10.2 Å². The van der Waals surface area contributed by atoms with Gasteiger partial charge in [0.05, 0.1) is 18.2 Å². The number of piperidine rings is 1. The van der Waals surface area contributed by atoms with Gasteiger partial charge < -0.3 is 15.0 Å². The summed E-state index contributed by atoms with van der Waals surface area (Å²) in [7, 11) is 0. The summed E-state index contributed by atoms with van der Waals surface area (Å²) in [6.45, 7) is 7.15. The lowest BCUT2D eigenvalue weighted by atomic mass is 10.0. The van der Waals surface area contributed by atoms with Gasteiger partial charge in [0.25, 0.3) is 5.91 Å². The molecular weight excluding hydrogens is 421 g/mol. The normalized spacial score (nSPS) is 18.2. The van der Waals surface area contributed by atoms with Gasteiger partial charge in [-0.15, -0.1) is 0 Å². The average Bonchev–Trinajstić information content (AvgIpc) is 2.81. The molecule has 2 aliphatic rings. The van der Waals surface area contributed by atoms with Crippen molar-refractivity contribution in [2.45, 2.75) is 32.4 Å². The van der Waals surface area contributed by atoms with Crippen molar-refractivity contribution in [1.29, 1.82) is 0 Å². The van der Waals surface area contributed by atoms with E-state index in [2.05, 4.69) is 20.2 Å². The molecule has 0 aliphatic carbocycles. The van der Waals surface area contributed by atoms with Crippen LogP contribution in [0.15, 0.2) is 24.5 Å². The zero-order valence-corrected chi connectivity index (χ0v) is 18.4. The Bertz CT molecular complexity index is 930. The molecule has 3 heterocycles. The van der Waals surface area contributed by atoms with Crippen LogP contribution < -0.4 is 5.32 Å². The van der Waals surface area contributed by atoms with Gasteiger partial charge in [-0.25, -0.2) is 14.4 Å². The maximum atomic E-state index is 13.7. The third-order valence-electron chi connectivity index (χ3n) is 6.04. The highest BCUT2D eigenvalue weighted by Crippen LogP contribution is 2.22. The Morgan fingerprint density at radius 2 is 1.97 bits per heavy atom. The van der Waals surface area contributed by atoms with E-state index in [0.29, 0.717) is 29.7 Å². The fourth-order valence-electron chi connectivity index (χ4n) is 4.21. The molecule has 0 saturated carbocycles. The van der Waals surface area contributed by atoms with Crippen molar-refractivity contribution in [3.05, 3.63) is 52.2 Å². The molecule has 2 fully saturated rings. The summed E-state index contributed by atoms with van der Waals surface area (Å²) in [5.74, 6) is 0.0366. The number of carbonyl (C=O) groups is 1. The Morgan fingerprint density at radius 1 is 1.23 bits per heavy atom. The number of anilines is 1. The second-order valence-corrected chi connectivity index (χ2v) is 8.38. The van der Waals surface area contributed by atoms with Crippen LogP contribution in [0.2, 0.25) is 5.02 Å². The number of hydrogen-bond acceptors (Lipinski definition) is 6. The highest BCUT2D eigenvalue weighted by atomic mass is 35.5. The van der Waals surface area contributed by atoms with Gasteiger partial charge >= 0.3 is 0 Å². The summed E-state index contributed by atoms with van der Waals surface area (Å²) in [6, 6.07) is 5.17. The van der Waals surface area contributed by atoms with E-state index in [0.717, 1.165) is 57.8 Å². The van der Waals surface area contributed by atoms with E-state index in [1.807, 2.05) is 11.8 Å². The van der Waals surface area contributed by atoms with Gasteiger partial charge in [0.2, 0.25) is 0 Å². The molecule has 1 aromatic heterocycles. The van der Waals surface area contributed by atoms with E-state index in [-0.39, 0.29) is 10.9 Å². The number of carbonyl (C=O) groups excluding carboxylic acids is 1. The van der Waals surface area contributed by atoms with Crippen molar-refractivity contribution in [3.63, 3.8) is 0 Å². The van der Waals surface area contributed by atoms with Crippen molar-refractivity contribution in [3.8, 4) is 0 Å². The molecule has 166 valence electrons. The van der Waals surface area contributed by atoms with Crippen LogP contribution in [-0.2, 0) is 11.3 Å². The molecule has 31 heavy (non-hydrogen) atoms. The smallest absolute Gasteiger partial charge is 0.272 e. The van der Waals surface area contributed by atoms with E-state index in [1.165, 1.54) is 18.5 Å². The largest absolute Gasteiger partial charge is 0.379 e. The number of likely N-dealkylation sites (tertiary alicyclic amines) is 1. The van der Waals surface area contributed by atoms with Gasteiger partial charge in [0.15, 0.2) is 0 Å². The Hall–Kier alpha value is -2.29. The van der Waals surface area contributed by atoms with E-state index >= 15 is 0 Å². The van der Waals surface area contributed by atoms with Crippen molar-refractivity contribution in [2.24, 2.45) is 0 Å². The number of nitrogens with zero attached hydrogens (tertiary/aromatic N) is 4. The summed E-state index contributed by atoms with van der Waals surface area (Å²) >= 11 is 5.74. The standard InChI is InChI=1S/C22H27ClFN5O2/c1-15-20(22(30)29-6-4-17(5-7-29)28-8-10-31-11-9-28)26-14-27-21(15)25-13-16-2-3-18(23)19(24)12-16/h2-3,12,14,17H,4-11,13H2,1H3,(H,25,26,27). The van der Waals surface area contributed by atoms with Crippen LogP contribution >= 0.6 is 11.6 Å². The number of aromatic nitrogens is 2. The number of morpholine rings is 1. The summed E-state index contributed by atoms with van der Waals surface area (Å²) in [6.07, 6.45) is 3.32. The molecule has 9 heteroatoms. The van der Waals surface area contributed by atoms with Crippen LogP contribution in [0.1, 0.15) is 34.5 Å². The van der Waals surface area contributed by atoms with E-state index in [1.54, 1.807) is 6.07 Å². The molecule has 1 aromatic carbocycles. The predicted octanol–water partition coefficient (Wildman–Crippen LogP) is 3.13. The van der Waals surface area contributed by atoms with Crippen molar-refractivity contribution >= 4 is 23.3 Å². The van der Waals surface area contributed by atoms with Gasteiger partial charge in [-0.05, 0) is 37.5 Å². The summed E-state index contributed by atoms with van der Waals surface area (Å²) < 4.78 is 19.1. The molecule has 0 atom stereocenters. The monoisotopic (exact) mass is 447 g/mol. The zero-order valence-electron chi connectivity index (χ0n) is 17.6. The van der Waals surface area contributed by atoms with Crippen molar-refractivity contribution in [1.82, 2.24) is 19.8 Å². The summed E-state index contributed by atoms with van der Waals surface area (Å²) in [4.78, 5) is 26.0. The van der Waals surface area contributed by atoms with E-state index in [9.17, 15) is 9.18 Å². The Labute approximate surface area is 186 Å². The van der Waals surface area contributed by atoms with Crippen LogP contribution in [-0.4, -0.2) is 71.1 Å². The number of benzene rings is 1. The van der Waals surface area contributed by atoms with Gasteiger partial charge in [0, 0.05) is 44.3 Å². The fourth-order valence-corrected chi connectivity index (χ4v) is 4.32. The number of amides is 1. The van der Waals surface area contributed by atoms with E-state index < -0.39 is 5.82 Å². The molecule has 4 rings (SSSR count). The number of ether oxygens (including phenoxy) is 1. The molecule has 1 N–H and O–H groups in total. The maximum Gasteiger partial charge on any atom is 0.272 e. The number of hydrogen-bond donors (Lipinski definition) is 1. The third-order valence-corrected chi connectivity index (χ3v) is 6.35. The lowest BCUT2D eigenvalue weighted by Gasteiger charge is -2.40. The van der Waals surface area contributed by atoms with Crippen LogP contribution in [0.25, 0.3) is 0 Å². The minimum atomic E-state index is -0.461. The number of nitrogens with one attached hydrogen (secondary N) is 1. The molecule has 0 radical (unpaired) electrons. The van der Waals surface area contributed by atoms with Gasteiger partial charge in [0.1, 0.15) is 23.7 Å². The topological polar surface area (TPSA) is 70.6 Å². The molecule has 0 spiro atoms. The first kappa shape index (κ1) is 21.9. The zero-order chi connectivity index (χ0) is 21.8. The molecule has 0 unspecified atom stereocenters. The SMILES string of the molecule is Cc1c(NCc2ccc(Cl)c(F)c2)ncnc1C(=O)N1CCC(N2CCOCC2)CC1. The second kappa shape index (κ2) is 9.89.